The first-order chi connectivity index (χ1) is 12.8. The van der Waals surface area contributed by atoms with Crippen LogP contribution in [0.25, 0.3) is 0 Å². The number of aliphatic hydroxyl groups is 1. The third-order valence-electron chi connectivity index (χ3n) is 4.96. The van der Waals surface area contributed by atoms with Gasteiger partial charge in [-0.2, -0.15) is 0 Å². The van der Waals surface area contributed by atoms with Crippen LogP contribution in [0.1, 0.15) is 35.7 Å². The van der Waals surface area contributed by atoms with E-state index in [1.807, 2.05) is 30.9 Å². The molecule has 1 aromatic carbocycles. The van der Waals surface area contributed by atoms with Crippen LogP contribution in [-0.4, -0.2) is 35.2 Å². The number of aliphatic hydroxyl groups excluding tert-OH is 1. The molecule has 0 bridgehead atoms. The summed E-state index contributed by atoms with van der Waals surface area (Å²) in [7, 11) is 0. The first kappa shape index (κ1) is 19.3. The van der Waals surface area contributed by atoms with Crippen LogP contribution in [0.2, 0.25) is 0 Å². The zero-order valence-electron chi connectivity index (χ0n) is 16.7. The summed E-state index contributed by atoms with van der Waals surface area (Å²) in [6.07, 6.45) is 0.717. The van der Waals surface area contributed by atoms with Crippen molar-refractivity contribution in [2.75, 3.05) is 23.1 Å². The minimum absolute atomic E-state index is 0.0329. The van der Waals surface area contributed by atoms with Crippen molar-refractivity contribution in [2.24, 2.45) is 0 Å². The molecule has 0 fully saturated rings. The molecule has 2 heterocycles. The van der Waals surface area contributed by atoms with Crippen LogP contribution in [0.5, 0.6) is 0 Å². The Hall–Kier alpha value is -2.44. The van der Waals surface area contributed by atoms with E-state index in [4.69, 9.17) is 4.98 Å². The number of pyridine rings is 1. The summed E-state index contributed by atoms with van der Waals surface area (Å²) in [4.78, 5) is 19.8. The van der Waals surface area contributed by atoms with Gasteiger partial charge in [0, 0.05) is 17.4 Å². The zero-order valence-corrected chi connectivity index (χ0v) is 16.7. The second-order valence-electron chi connectivity index (χ2n) is 7.27. The summed E-state index contributed by atoms with van der Waals surface area (Å²) < 4.78 is 0. The third-order valence-corrected chi connectivity index (χ3v) is 4.96. The number of carbonyl (C=O) groups is 1. The molecule has 144 valence electrons. The summed E-state index contributed by atoms with van der Waals surface area (Å²) in [5.41, 5.74) is 9.24. The van der Waals surface area contributed by atoms with Crippen molar-refractivity contribution < 1.29 is 9.90 Å². The molecule has 1 unspecified atom stereocenters. The van der Waals surface area contributed by atoms with Crippen molar-refractivity contribution in [2.45, 2.75) is 47.1 Å². The lowest BCUT2D eigenvalue weighted by Gasteiger charge is -2.39. The fraction of sp³-hybridized carbons (Fsp3) is 0.429. The molecule has 0 saturated heterocycles. The van der Waals surface area contributed by atoms with E-state index in [2.05, 4.69) is 38.3 Å². The normalized spacial score (nSPS) is 15.1. The van der Waals surface area contributed by atoms with E-state index in [0.29, 0.717) is 5.69 Å². The summed E-state index contributed by atoms with van der Waals surface area (Å²) in [6.45, 7) is 10.3. The number of nitrogens with one attached hydrogen (secondary N) is 1. The van der Waals surface area contributed by atoms with Crippen LogP contribution in [0.3, 0.4) is 0 Å². The number of hydrogen-bond donors (Lipinski definition) is 2. The van der Waals surface area contributed by atoms with Crippen LogP contribution < -0.4 is 15.3 Å². The SMILES string of the molecule is CCC(CO)NN1C(=O)CN(c2c(C)cc(C)cc2C)c2nc(C)ccc21. The van der Waals surface area contributed by atoms with E-state index in [9.17, 15) is 9.90 Å². The highest BCUT2D eigenvalue weighted by Gasteiger charge is 2.33. The topological polar surface area (TPSA) is 68.7 Å². The highest BCUT2D eigenvalue weighted by atomic mass is 16.3. The minimum atomic E-state index is -0.183. The quantitative estimate of drug-likeness (QED) is 0.849. The van der Waals surface area contributed by atoms with E-state index in [1.165, 1.54) is 5.56 Å². The number of nitrogens with zero attached hydrogens (tertiary/aromatic N) is 3. The van der Waals surface area contributed by atoms with Crippen molar-refractivity contribution in [3.63, 3.8) is 0 Å². The fourth-order valence-electron chi connectivity index (χ4n) is 3.69. The highest BCUT2D eigenvalue weighted by molar-refractivity contribution is 6.04. The number of rotatable bonds is 5. The molecule has 27 heavy (non-hydrogen) atoms. The molecule has 2 N–H and O–H groups in total. The van der Waals surface area contributed by atoms with Crippen LogP contribution in [-0.2, 0) is 4.79 Å². The van der Waals surface area contributed by atoms with Crippen molar-refractivity contribution >= 4 is 23.1 Å². The second kappa shape index (κ2) is 7.66. The third kappa shape index (κ3) is 3.68. The van der Waals surface area contributed by atoms with Gasteiger partial charge in [0.25, 0.3) is 5.91 Å². The Morgan fingerprint density at radius 3 is 2.44 bits per heavy atom. The molecule has 1 aliphatic heterocycles. The maximum atomic E-state index is 13.0. The monoisotopic (exact) mass is 368 g/mol. The van der Waals surface area contributed by atoms with Gasteiger partial charge in [0.2, 0.25) is 0 Å². The smallest absolute Gasteiger partial charge is 0.261 e. The summed E-state index contributed by atoms with van der Waals surface area (Å²) >= 11 is 0. The number of carbonyl (C=O) groups excluding carboxylic acids is 1. The van der Waals surface area contributed by atoms with Crippen molar-refractivity contribution in [1.82, 2.24) is 10.4 Å². The largest absolute Gasteiger partial charge is 0.395 e. The van der Waals surface area contributed by atoms with Crippen molar-refractivity contribution in [3.05, 3.63) is 46.6 Å². The standard InChI is InChI=1S/C21H28N4O2/c1-6-17(12-26)23-25-18-8-7-16(5)22-21(18)24(11-19(25)27)20-14(3)9-13(2)10-15(20)4/h7-10,17,23,26H,6,11-12H2,1-5H3. The summed E-state index contributed by atoms with van der Waals surface area (Å²) in [5.74, 6) is 0.685. The predicted octanol–water partition coefficient (Wildman–Crippen LogP) is 3.08. The lowest BCUT2D eigenvalue weighted by Crippen LogP contribution is -2.55. The van der Waals surface area contributed by atoms with Crippen LogP contribution in [0.4, 0.5) is 17.2 Å². The van der Waals surface area contributed by atoms with Crippen molar-refractivity contribution in [3.8, 4) is 0 Å². The number of benzene rings is 1. The number of hydrazine groups is 1. The van der Waals surface area contributed by atoms with Crippen LogP contribution >= 0.6 is 0 Å². The average molecular weight is 368 g/mol. The van der Waals surface area contributed by atoms with Crippen molar-refractivity contribution in [1.29, 1.82) is 0 Å². The zero-order chi connectivity index (χ0) is 19.7. The van der Waals surface area contributed by atoms with Crippen LogP contribution in [0.15, 0.2) is 24.3 Å². The first-order valence-corrected chi connectivity index (χ1v) is 9.38. The molecule has 6 heteroatoms. The molecule has 0 aliphatic carbocycles. The number of fused-ring (bicyclic) bond motifs is 1. The van der Waals surface area contributed by atoms with E-state index in [1.54, 1.807) is 5.01 Å². The summed E-state index contributed by atoms with van der Waals surface area (Å²) in [5, 5.41) is 11.1. The molecule has 0 saturated carbocycles. The Morgan fingerprint density at radius 2 is 1.85 bits per heavy atom. The van der Waals surface area contributed by atoms with Gasteiger partial charge in [-0.05, 0) is 57.4 Å². The molecule has 0 spiro atoms. The molecular weight excluding hydrogens is 340 g/mol. The van der Waals surface area contributed by atoms with Gasteiger partial charge in [-0.25, -0.2) is 15.4 Å². The van der Waals surface area contributed by atoms with E-state index in [-0.39, 0.29) is 25.1 Å². The molecule has 1 atom stereocenters. The number of hydrogen-bond acceptors (Lipinski definition) is 5. The highest BCUT2D eigenvalue weighted by Crippen LogP contribution is 2.39. The maximum absolute atomic E-state index is 13.0. The maximum Gasteiger partial charge on any atom is 0.261 e. The molecule has 1 aromatic heterocycles. The lowest BCUT2D eigenvalue weighted by molar-refractivity contribution is -0.118. The Bertz CT molecular complexity index is 838. The molecular formula is C21H28N4O2. The van der Waals surface area contributed by atoms with Gasteiger partial charge in [0.15, 0.2) is 5.82 Å². The minimum Gasteiger partial charge on any atom is -0.395 e. The Morgan fingerprint density at radius 1 is 1.19 bits per heavy atom. The summed E-state index contributed by atoms with van der Waals surface area (Å²) in [6, 6.07) is 7.89. The van der Waals surface area contributed by atoms with Gasteiger partial charge in [-0.1, -0.05) is 24.6 Å². The Balaban J connectivity index is 2.11. The van der Waals surface area contributed by atoms with E-state index >= 15 is 0 Å². The first-order valence-electron chi connectivity index (χ1n) is 9.38. The Kier molecular flexibility index (Phi) is 5.48. The predicted molar refractivity (Wildman–Crippen MR) is 108 cm³/mol. The van der Waals surface area contributed by atoms with E-state index < -0.39 is 0 Å². The van der Waals surface area contributed by atoms with Gasteiger partial charge < -0.3 is 10.0 Å². The number of aryl methyl sites for hydroxylation is 4. The van der Waals surface area contributed by atoms with Gasteiger partial charge in [-0.15, -0.1) is 0 Å². The molecule has 2 aromatic rings. The number of anilines is 3. The fourth-order valence-corrected chi connectivity index (χ4v) is 3.69. The number of aromatic nitrogens is 1. The molecule has 6 nitrogen and oxygen atoms in total. The average Bonchev–Trinajstić information content (AvgIpc) is 2.61. The van der Waals surface area contributed by atoms with Gasteiger partial charge >= 0.3 is 0 Å². The van der Waals surface area contributed by atoms with Gasteiger partial charge in [0.05, 0.1) is 6.61 Å². The van der Waals surface area contributed by atoms with Crippen LogP contribution in [0, 0.1) is 27.7 Å². The lowest BCUT2D eigenvalue weighted by atomic mass is 10.0. The molecule has 1 aliphatic rings. The molecule has 3 rings (SSSR count). The van der Waals surface area contributed by atoms with E-state index in [0.717, 1.165) is 34.7 Å². The Labute approximate surface area is 160 Å². The number of amides is 1. The van der Waals surface area contributed by atoms with Gasteiger partial charge in [-0.3, -0.25) is 4.79 Å². The molecule has 0 radical (unpaired) electrons. The molecule has 1 amide bonds. The van der Waals surface area contributed by atoms with Gasteiger partial charge in [0.1, 0.15) is 12.2 Å². The second-order valence-corrected chi connectivity index (χ2v) is 7.27.